The van der Waals surface area contributed by atoms with Crippen LogP contribution in [0.5, 0.6) is 0 Å². The predicted molar refractivity (Wildman–Crippen MR) is 91.3 cm³/mol. The lowest BCUT2D eigenvalue weighted by Gasteiger charge is -2.31. The largest absolute Gasteiger partial charge is 0.308 e. The topological polar surface area (TPSA) is 15.3 Å². The van der Waals surface area contributed by atoms with E-state index in [1.807, 2.05) is 0 Å². The zero-order chi connectivity index (χ0) is 15.3. The molecule has 2 nitrogen and oxygen atoms in total. The molecule has 1 fully saturated rings. The van der Waals surface area contributed by atoms with Gasteiger partial charge in [-0.15, -0.1) is 0 Å². The van der Waals surface area contributed by atoms with Gasteiger partial charge in [0.1, 0.15) is 0 Å². The normalized spacial score (nSPS) is 18.1. The lowest BCUT2D eigenvalue weighted by Crippen LogP contribution is -2.35. The first-order chi connectivity index (χ1) is 9.96. The number of piperidine rings is 1. The van der Waals surface area contributed by atoms with E-state index in [9.17, 15) is 0 Å². The SMILES string of the molecule is CCC1CCN(Cc2ccc(CNC(C)(C)C)cc2)CC1. The van der Waals surface area contributed by atoms with Crippen LogP contribution in [0.4, 0.5) is 0 Å². The molecule has 1 aromatic carbocycles. The van der Waals surface area contributed by atoms with Gasteiger partial charge in [0.05, 0.1) is 0 Å². The molecule has 1 aliphatic rings. The van der Waals surface area contributed by atoms with Crippen LogP contribution in [-0.4, -0.2) is 23.5 Å². The van der Waals surface area contributed by atoms with Crippen molar-refractivity contribution in [3.05, 3.63) is 35.4 Å². The Labute approximate surface area is 130 Å². The molecule has 1 aliphatic heterocycles. The minimum atomic E-state index is 0.183. The molecule has 1 heterocycles. The highest BCUT2D eigenvalue weighted by Crippen LogP contribution is 2.21. The molecule has 1 N–H and O–H groups in total. The minimum absolute atomic E-state index is 0.183. The molecule has 2 rings (SSSR count). The fourth-order valence-electron chi connectivity index (χ4n) is 2.94. The monoisotopic (exact) mass is 288 g/mol. The number of likely N-dealkylation sites (tertiary alicyclic amines) is 1. The van der Waals surface area contributed by atoms with Crippen molar-refractivity contribution in [1.29, 1.82) is 0 Å². The second kappa shape index (κ2) is 7.42. The van der Waals surface area contributed by atoms with E-state index < -0.39 is 0 Å². The van der Waals surface area contributed by atoms with Crippen LogP contribution >= 0.6 is 0 Å². The van der Waals surface area contributed by atoms with Crippen molar-refractivity contribution in [2.45, 2.75) is 65.6 Å². The number of hydrogen-bond donors (Lipinski definition) is 1. The van der Waals surface area contributed by atoms with E-state index in [2.05, 4.69) is 62.2 Å². The Morgan fingerprint density at radius 3 is 2.14 bits per heavy atom. The summed E-state index contributed by atoms with van der Waals surface area (Å²) in [7, 11) is 0. The Morgan fingerprint density at radius 1 is 1.05 bits per heavy atom. The molecule has 0 aliphatic carbocycles. The summed E-state index contributed by atoms with van der Waals surface area (Å²) >= 11 is 0. The maximum absolute atomic E-state index is 3.54. The summed E-state index contributed by atoms with van der Waals surface area (Å²) in [4.78, 5) is 2.61. The van der Waals surface area contributed by atoms with E-state index in [0.29, 0.717) is 0 Å². The standard InChI is InChI=1S/C19H32N2/c1-5-16-10-12-21(13-11-16)15-18-8-6-17(7-9-18)14-20-19(2,3)4/h6-9,16,20H,5,10-15H2,1-4H3. The van der Waals surface area contributed by atoms with Gasteiger partial charge in [-0.2, -0.15) is 0 Å². The molecule has 1 aromatic rings. The van der Waals surface area contributed by atoms with Gasteiger partial charge >= 0.3 is 0 Å². The third kappa shape index (κ3) is 5.80. The predicted octanol–water partition coefficient (Wildman–Crippen LogP) is 4.20. The Bertz CT molecular complexity index is 408. The fourth-order valence-corrected chi connectivity index (χ4v) is 2.94. The molecule has 118 valence electrons. The van der Waals surface area contributed by atoms with Gasteiger partial charge in [-0.3, -0.25) is 4.90 Å². The number of nitrogens with one attached hydrogen (secondary N) is 1. The van der Waals surface area contributed by atoms with Crippen LogP contribution in [0.15, 0.2) is 24.3 Å². The van der Waals surface area contributed by atoms with Gasteiger partial charge in [-0.25, -0.2) is 0 Å². The van der Waals surface area contributed by atoms with Gasteiger partial charge in [-0.05, 0) is 63.7 Å². The Kier molecular flexibility index (Phi) is 5.83. The first-order valence-electron chi connectivity index (χ1n) is 8.51. The lowest BCUT2D eigenvalue weighted by atomic mass is 9.94. The average molecular weight is 288 g/mol. The van der Waals surface area contributed by atoms with Crippen molar-refractivity contribution < 1.29 is 0 Å². The molecule has 0 amide bonds. The van der Waals surface area contributed by atoms with Crippen LogP contribution in [-0.2, 0) is 13.1 Å². The summed E-state index contributed by atoms with van der Waals surface area (Å²) in [5, 5.41) is 3.54. The maximum atomic E-state index is 3.54. The summed E-state index contributed by atoms with van der Waals surface area (Å²) in [6.45, 7) is 13.6. The number of benzene rings is 1. The van der Waals surface area contributed by atoms with Crippen LogP contribution in [0.2, 0.25) is 0 Å². The number of hydrogen-bond acceptors (Lipinski definition) is 2. The highest BCUT2D eigenvalue weighted by molar-refractivity contribution is 5.22. The second-order valence-corrected chi connectivity index (χ2v) is 7.55. The third-order valence-corrected chi connectivity index (χ3v) is 4.54. The first-order valence-corrected chi connectivity index (χ1v) is 8.51. The highest BCUT2D eigenvalue weighted by Gasteiger charge is 2.17. The van der Waals surface area contributed by atoms with Crippen molar-refractivity contribution >= 4 is 0 Å². The van der Waals surface area contributed by atoms with E-state index in [4.69, 9.17) is 0 Å². The van der Waals surface area contributed by atoms with Gasteiger partial charge in [0.15, 0.2) is 0 Å². The van der Waals surface area contributed by atoms with Gasteiger partial charge in [0, 0.05) is 18.6 Å². The molecule has 0 atom stereocenters. The third-order valence-electron chi connectivity index (χ3n) is 4.54. The quantitative estimate of drug-likeness (QED) is 0.873. The minimum Gasteiger partial charge on any atom is -0.308 e. The van der Waals surface area contributed by atoms with E-state index >= 15 is 0 Å². The summed E-state index contributed by atoms with van der Waals surface area (Å²) < 4.78 is 0. The van der Waals surface area contributed by atoms with Crippen molar-refractivity contribution in [3.63, 3.8) is 0 Å². The van der Waals surface area contributed by atoms with E-state index in [0.717, 1.165) is 19.0 Å². The molecule has 0 saturated carbocycles. The fraction of sp³-hybridized carbons (Fsp3) is 0.684. The van der Waals surface area contributed by atoms with Crippen molar-refractivity contribution in [2.75, 3.05) is 13.1 Å². The Hall–Kier alpha value is -0.860. The molecule has 0 aromatic heterocycles. The van der Waals surface area contributed by atoms with Gasteiger partial charge in [-0.1, -0.05) is 37.6 Å². The van der Waals surface area contributed by atoms with Crippen LogP contribution in [0, 0.1) is 5.92 Å². The lowest BCUT2D eigenvalue weighted by molar-refractivity contribution is 0.175. The first kappa shape index (κ1) is 16.5. The molecular weight excluding hydrogens is 256 g/mol. The van der Waals surface area contributed by atoms with Crippen molar-refractivity contribution in [3.8, 4) is 0 Å². The van der Waals surface area contributed by atoms with E-state index in [1.54, 1.807) is 0 Å². The van der Waals surface area contributed by atoms with Crippen molar-refractivity contribution in [1.82, 2.24) is 10.2 Å². The molecule has 21 heavy (non-hydrogen) atoms. The van der Waals surface area contributed by atoms with Crippen LogP contribution in [0.1, 0.15) is 58.1 Å². The van der Waals surface area contributed by atoms with Crippen LogP contribution in [0.25, 0.3) is 0 Å². The van der Waals surface area contributed by atoms with Gasteiger partial charge < -0.3 is 5.32 Å². The van der Waals surface area contributed by atoms with E-state index in [1.165, 1.54) is 43.5 Å². The van der Waals surface area contributed by atoms with Crippen LogP contribution < -0.4 is 5.32 Å². The molecule has 2 heteroatoms. The average Bonchev–Trinajstić information content (AvgIpc) is 2.46. The molecule has 0 spiro atoms. The zero-order valence-corrected chi connectivity index (χ0v) is 14.3. The zero-order valence-electron chi connectivity index (χ0n) is 14.3. The summed E-state index contributed by atoms with van der Waals surface area (Å²) in [5.74, 6) is 0.965. The molecule has 0 bridgehead atoms. The second-order valence-electron chi connectivity index (χ2n) is 7.55. The van der Waals surface area contributed by atoms with Crippen LogP contribution in [0.3, 0.4) is 0 Å². The number of rotatable bonds is 5. The Balaban J connectivity index is 1.80. The molecule has 0 unspecified atom stereocenters. The van der Waals surface area contributed by atoms with Crippen molar-refractivity contribution in [2.24, 2.45) is 5.92 Å². The molecule has 0 radical (unpaired) electrons. The van der Waals surface area contributed by atoms with Gasteiger partial charge in [0.2, 0.25) is 0 Å². The summed E-state index contributed by atoms with van der Waals surface area (Å²) in [6, 6.07) is 9.14. The summed E-state index contributed by atoms with van der Waals surface area (Å²) in [6.07, 6.45) is 4.11. The summed E-state index contributed by atoms with van der Waals surface area (Å²) in [5.41, 5.74) is 3.00. The Morgan fingerprint density at radius 2 is 1.62 bits per heavy atom. The van der Waals surface area contributed by atoms with Gasteiger partial charge in [0.25, 0.3) is 0 Å². The molecule has 1 saturated heterocycles. The number of nitrogens with zero attached hydrogens (tertiary/aromatic N) is 1. The van der Waals surface area contributed by atoms with E-state index in [-0.39, 0.29) is 5.54 Å². The molecular formula is C19H32N2. The highest BCUT2D eigenvalue weighted by atomic mass is 15.1. The smallest absolute Gasteiger partial charge is 0.0233 e. The maximum Gasteiger partial charge on any atom is 0.0233 e.